The van der Waals surface area contributed by atoms with Gasteiger partial charge in [-0.05, 0) is 43.5 Å². The van der Waals surface area contributed by atoms with E-state index < -0.39 is 10.0 Å². The quantitative estimate of drug-likeness (QED) is 0.805. The summed E-state index contributed by atoms with van der Waals surface area (Å²) in [5.41, 5.74) is 7.68. The molecule has 1 atom stereocenters. The highest BCUT2D eigenvalue weighted by atomic mass is 32.2. The molecular formula is C14H24N2O2S. The monoisotopic (exact) mass is 284 g/mol. The van der Waals surface area contributed by atoms with E-state index >= 15 is 0 Å². The third-order valence-electron chi connectivity index (χ3n) is 3.30. The van der Waals surface area contributed by atoms with E-state index in [1.807, 2.05) is 19.9 Å². The van der Waals surface area contributed by atoms with Gasteiger partial charge in [0.1, 0.15) is 0 Å². The van der Waals surface area contributed by atoms with Gasteiger partial charge in [0.15, 0.2) is 0 Å². The number of unbranched alkanes of at least 4 members (excludes halogenated alkanes) is 1. The molecule has 19 heavy (non-hydrogen) atoms. The van der Waals surface area contributed by atoms with Crippen LogP contribution in [0.5, 0.6) is 0 Å². The summed E-state index contributed by atoms with van der Waals surface area (Å²) in [5, 5.41) is 0. The van der Waals surface area contributed by atoms with Crippen LogP contribution in [0.3, 0.4) is 0 Å². The van der Waals surface area contributed by atoms with Crippen LogP contribution in [-0.2, 0) is 10.0 Å². The molecule has 3 N–H and O–H groups in total. The second-order valence-electron chi connectivity index (χ2n) is 4.94. The molecule has 0 aliphatic heterocycles. The van der Waals surface area contributed by atoms with Gasteiger partial charge in [0.05, 0.1) is 4.90 Å². The molecule has 0 heterocycles. The summed E-state index contributed by atoms with van der Waals surface area (Å²) in [4.78, 5) is 0.311. The van der Waals surface area contributed by atoms with Crippen LogP contribution in [0, 0.1) is 13.8 Å². The maximum atomic E-state index is 12.3. The first-order valence-corrected chi connectivity index (χ1v) is 8.18. The molecule has 0 amide bonds. The van der Waals surface area contributed by atoms with Gasteiger partial charge in [0.25, 0.3) is 0 Å². The van der Waals surface area contributed by atoms with E-state index in [0.29, 0.717) is 11.4 Å². The minimum Gasteiger partial charge on any atom is -0.329 e. The van der Waals surface area contributed by atoms with E-state index in [2.05, 4.69) is 11.6 Å². The van der Waals surface area contributed by atoms with E-state index in [9.17, 15) is 8.42 Å². The van der Waals surface area contributed by atoms with Crippen LogP contribution in [0.1, 0.15) is 37.3 Å². The standard InChI is InChI=1S/C14H24N2O2S/c1-4-5-6-13(10-15)16-19(17,18)14-8-7-11(2)12(3)9-14/h7-9,13,16H,4-6,10,15H2,1-3H3. The maximum Gasteiger partial charge on any atom is 0.240 e. The Morgan fingerprint density at radius 2 is 1.95 bits per heavy atom. The number of hydrogen-bond donors (Lipinski definition) is 2. The van der Waals surface area contributed by atoms with Crippen molar-refractivity contribution >= 4 is 10.0 Å². The Bertz CT molecular complexity index is 512. The van der Waals surface area contributed by atoms with Gasteiger partial charge >= 0.3 is 0 Å². The Balaban J connectivity index is 2.87. The Morgan fingerprint density at radius 1 is 1.26 bits per heavy atom. The van der Waals surface area contributed by atoms with E-state index in [1.165, 1.54) is 0 Å². The Kier molecular flexibility index (Phi) is 5.97. The molecular weight excluding hydrogens is 260 g/mol. The lowest BCUT2D eigenvalue weighted by Crippen LogP contribution is -2.40. The van der Waals surface area contributed by atoms with Gasteiger partial charge in [-0.15, -0.1) is 0 Å². The topological polar surface area (TPSA) is 72.2 Å². The molecule has 1 aromatic carbocycles. The van der Waals surface area contributed by atoms with Gasteiger partial charge < -0.3 is 5.73 Å². The minimum absolute atomic E-state index is 0.188. The molecule has 0 aliphatic carbocycles. The fraction of sp³-hybridized carbons (Fsp3) is 0.571. The molecule has 1 rings (SSSR count). The molecule has 0 fully saturated rings. The molecule has 0 aromatic heterocycles. The lowest BCUT2D eigenvalue weighted by Gasteiger charge is -2.17. The summed E-state index contributed by atoms with van der Waals surface area (Å²) in [7, 11) is -3.47. The number of nitrogens with one attached hydrogen (secondary N) is 1. The summed E-state index contributed by atoms with van der Waals surface area (Å²) >= 11 is 0. The SMILES string of the molecule is CCCCC(CN)NS(=O)(=O)c1ccc(C)c(C)c1. The number of hydrogen-bond acceptors (Lipinski definition) is 3. The van der Waals surface area contributed by atoms with Gasteiger partial charge in [-0.3, -0.25) is 0 Å². The molecule has 0 saturated carbocycles. The van der Waals surface area contributed by atoms with E-state index in [-0.39, 0.29) is 6.04 Å². The molecule has 0 aliphatic rings. The van der Waals surface area contributed by atoms with Crippen LogP contribution in [-0.4, -0.2) is 21.0 Å². The molecule has 5 heteroatoms. The van der Waals surface area contributed by atoms with Crippen molar-refractivity contribution in [1.29, 1.82) is 0 Å². The summed E-state index contributed by atoms with van der Waals surface area (Å²) in [6.07, 6.45) is 2.77. The van der Waals surface area contributed by atoms with Crippen LogP contribution in [0.2, 0.25) is 0 Å². The Labute approximate surface area is 116 Å². The van der Waals surface area contributed by atoms with Crippen molar-refractivity contribution < 1.29 is 8.42 Å². The average Bonchev–Trinajstić information content (AvgIpc) is 2.37. The lowest BCUT2D eigenvalue weighted by atomic mass is 10.1. The molecule has 0 radical (unpaired) electrons. The van der Waals surface area contributed by atoms with Crippen molar-refractivity contribution in [1.82, 2.24) is 4.72 Å². The second kappa shape index (κ2) is 7.03. The van der Waals surface area contributed by atoms with Crippen molar-refractivity contribution in [3.8, 4) is 0 Å². The zero-order chi connectivity index (χ0) is 14.5. The smallest absolute Gasteiger partial charge is 0.240 e. The molecule has 1 unspecified atom stereocenters. The van der Waals surface area contributed by atoms with Crippen molar-refractivity contribution in [2.45, 2.75) is 51.0 Å². The summed E-state index contributed by atoms with van der Waals surface area (Å²) in [6, 6.07) is 4.97. The number of nitrogens with two attached hydrogens (primary N) is 1. The number of sulfonamides is 1. The Morgan fingerprint density at radius 3 is 2.47 bits per heavy atom. The van der Waals surface area contributed by atoms with Crippen LogP contribution in [0.25, 0.3) is 0 Å². The molecule has 0 saturated heterocycles. The van der Waals surface area contributed by atoms with Gasteiger partial charge in [-0.25, -0.2) is 13.1 Å². The first kappa shape index (κ1) is 16.1. The molecule has 1 aromatic rings. The first-order valence-electron chi connectivity index (χ1n) is 6.70. The van der Waals surface area contributed by atoms with E-state index in [1.54, 1.807) is 12.1 Å². The van der Waals surface area contributed by atoms with Gasteiger partial charge in [0, 0.05) is 12.6 Å². The first-order chi connectivity index (χ1) is 8.90. The highest BCUT2D eigenvalue weighted by Gasteiger charge is 2.19. The zero-order valence-electron chi connectivity index (χ0n) is 11.9. The molecule has 4 nitrogen and oxygen atoms in total. The second-order valence-corrected chi connectivity index (χ2v) is 6.66. The van der Waals surface area contributed by atoms with Crippen LogP contribution in [0.15, 0.2) is 23.1 Å². The minimum atomic E-state index is -3.47. The zero-order valence-corrected chi connectivity index (χ0v) is 12.8. The number of rotatable bonds is 7. The van der Waals surface area contributed by atoms with Crippen molar-refractivity contribution in [3.63, 3.8) is 0 Å². The Hall–Kier alpha value is -0.910. The fourth-order valence-corrected chi connectivity index (χ4v) is 3.21. The van der Waals surface area contributed by atoms with E-state index in [0.717, 1.165) is 30.4 Å². The summed E-state index contributed by atoms with van der Waals surface area (Å²) in [6.45, 7) is 6.27. The van der Waals surface area contributed by atoms with Crippen molar-refractivity contribution in [3.05, 3.63) is 29.3 Å². The fourth-order valence-electron chi connectivity index (χ4n) is 1.84. The number of benzene rings is 1. The van der Waals surface area contributed by atoms with Gasteiger partial charge in [-0.2, -0.15) is 0 Å². The van der Waals surface area contributed by atoms with Crippen molar-refractivity contribution in [2.24, 2.45) is 5.73 Å². The highest BCUT2D eigenvalue weighted by molar-refractivity contribution is 7.89. The highest BCUT2D eigenvalue weighted by Crippen LogP contribution is 2.15. The van der Waals surface area contributed by atoms with Crippen LogP contribution < -0.4 is 10.5 Å². The lowest BCUT2D eigenvalue weighted by molar-refractivity contribution is 0.516. The molecule has 0 spiro atoms. The largest absolute Gasteiger partial charge is 0.329 e. The van der Waals surface area contributed by atoms with Crippen LogP contribution >= 0.6 is 0 Å². The number of aryl methyl sites for hydroxylation is 2. The third kappa shape index (κ3) is 4.60. The summed E-state index contributed by atoms with van der Waals surface area (Å²) in [5.74, 6) is 0. The van der Waals surface area contributed by atoms with Crippen LogP contribution in [0.4, 0.5) is 0 Å². The molecule has 0 bridgehead atoms. The predicted molar refractivity (Wildman–Crippen MR) is 78.6 cm³/mol. The maximum absolute atomic E-state index is 12.3. The summed E-state index contributed by atoms with van der Waals surface area (Å²) < 4.78 is 27.2. The van der Waals surface area contributed by atoms with Gasteiger partial charge in [-0.1, -0.05) is 25.8 Å². The average molecular weight is 284 g/mol. The predicted octanol–water partition coefficient (Wildman–Crippen LogP) is 2.10. The third-order valence-corrected chi connectivity index (χ3v) is 4.82. The van der Waals surface area contributed by atoms with E-state index in [4.69, 9.17) is 5.73 Å². The molecule has 108 valence electrons. The normalized spacial score (nSPS) is 13.5. The van der Waals surface area contributed by atoms with Crippen molar-refractivity contribution in [2.75, 3.05) is 6.54 Å². The van der Waals surface area contributed by atoms with Gasteiger partial charge in [0.2, 0.25) is 10.0 Å².